The highest BCUT2D eigenvalue weighted by atomic mass is 35.5. The Morgan fingerprint density at radius 3 is 2.68 bits per heavy atom. The number of aryl methyl sites for hydroxylation is 1. The number of hydrogen-bond donors (Lipinski definition) is 2. The molecule has 0 spiro atoms. The predicted molar refractivity (Wildman–Crippen MR) is 197 cm³/mol. The molecule has 1 unspecified atom stereocenters. The molecule has 2 aromatic rings. The zero-order valence-corrected chi connectivity index (χ0v) is 31.2. The molecule has 50 heavy (non-hydrogen) atoms. The van der Waals surface area contributed by atoms with Gasteiger partial charge in [0, 0.05) is 43.9 Å². The number of benzene rings is 2. The molecule has 2 aliphatic carbocycles. The molecule has 0 saturated heterocycles. The smallest absolute Gasteiger partial charge is 0.327 e. The summed E-state index contributed by atoms with van der Waals surface area (Å²) in [5.74, 6) is 0.614. The fourth-order valence-electron chi connectivity index (χ4n) is 7.79. The van der Waals surface area contributed by atoms with Crippen LogP contribution in [0.15, 0.2) is 52.9 Å². The van der Waals surface area contributed by atoms with Gasteiger partial charge in [-0.05, 0) is 118 Å². The number of carbonyl (C=O) groups excluding carboxylic acids is 2. The molecule has 3 amide bonds. The SMILES string of the molecule is CO[C@H]1/C=C/C[C@H](C)CS(=O)(NC(=O)NC2CC(C)(OC)C2)=NC(=O)c2ccc3c(c2)N(Cc2ccc(Cl)cc2CCCCO3)C[C@@H]2CC[C@H]21. The monoisotopic (exact) mass is 726 g/mol. The molecule has 2 heterocycles. The lowest BCUT2D eigenvalue weighted by molar-refractivity contribution is -0.0719. The molecule has 2 N–H and O–H groups in total. The molecule has 4 aliphatic rings. The van der Waals surface area contributed by atoms with Crippen LogP contribution < -0.4 is 19.7 Å². The maximum Gasteiger partial charge on any atom is 0.327 e. The highest BCUT2D eigenvalue weighted by Gasteiger charge is 2.41. The lowest BCUT2D eigenvalue weighted by Crippen LogP contribution is -2.57. The fourth-order valence-corrected chi connectivity index (χ4v) is 9.81. The van der Waals surface area contributed by atoms with E-state index in [1.54, 1.807) is 20.3 Å². The van der Waals surface area contributed by atoms with E-state index in [-0.39, 0.29) is 35.0 Å². The van der Waals surface area contributed by atoms with Gasteiger partial charge >= 0.3 is 6.03 Å². The minimum atomic E-state index is -3.50. The standard InChI is InChI=1S/C38H51ClN4O6S/c1-25-8-7-10-34(47-3)32-15-12-29(32)23-43-22-28-11-14-30(39)18-26(28)9-5-6-17-49-35-16-13-27(19-33(35)43)36(44)41-50(46,24-25)42-37(45)40-31-20-38(2,21-31)48-4/h7,10-11,13-14,16,18-19,25,29,31-32,34H,5-6,8-9,12,15,17,20-24H2,1-4H3,(H2,40,41,42,44,45,46)/b10-7+/t25-,29-,31?,32+,34-,38?,50?/m0/s1. The predicted octanol–water partition coefficient (Wildman–Crippen LogP) is 7.09. The Morgan fingerprint density at radius 2 is 1.94 bits per heavy atom. The number of fused-ring (bicyclic) bond motifs is 3. The summed E-state index contributed by atoms with van der Waals surface area (Å²) >= 11 is 6.46. The Morgan fingerprint density at radius 1 is 1.12 bits per heavy atom. The molecular formula is C38H51ClN4O6S. The number of allylic oxidation sites excluding steroid dienone is 1. The summed E-state index contributed by atoms with van der Waals surface area (Å²) in [6.45, 7) is 5.82. The van der Waals surface area contributed by atoms with Crippen molar-refractivity contribution < 1.29 is 28.0 Å². The molecule has 272 valence electrons. The van der Waals surface area contributed by atoms with E-state index in [4.69, 9.17) is 25.8 Å². The Balaban J connectivity index is 1.39. The molecule has 5 atom stereocenters. The van der Waals surface area contributed by atoms with Gasteiger partial charge in [-0.25, -0.2) is 9.00 Å². The second-order valence-electron chi connectivity index (χ2n) is 14.8. The number of urea groups is 1. The first-order valence-electron chi connectivity index (χ1n) is 17.9. The third kappa shape index (κ3) is 8.66. The fraction of sp³-hybridized carbons (Fsp3) is 0.579. The number of nitrogens with one attached hydrogen (secondary N) is 2. The maximum atomic E-state index is 14.4. The van der Waals surface area contributed by atoms with Crippen molar-refractivity contribution >= 4 is 39.1 Å². The summed E-state index contributed by atoms with van der Waals surface area (Å²) in [5.41, 5.74) is 3.17. The van der Waals surface area contributed by atoms with Crippen molar-refractivity contribution in [2.75, 3.05) is 38.0 Å². The number of methoxy groups -OCH3 is 2. The van der Waals surface area contributed by atoms with Crippen LogP contribution in [0.3, 0.4) is 0 Å². The highest BCUT2D eigenvalue weighted by Crippen LogP contribution is 2.42. The van der Waals surface area contributed by atoms with E-state index < -0.39 is 21.9 Å². The first-order valence-corrected chi connectivity index (χ1v) is 19.9. The van der Waals surface area contributed by atoms with E-state index in [9.17, 15) is 13.8 Å². The van der Waals surface area contributed by atoms with Gasteiger partial charge in [0.25, 0.3) is 5.91 Å². The van der Waals surface area contributed by atoms with Crippen molar-refractivity contribution in [3.8, 4) is 5.75 Å². The summed E-state index contributed by atoms with van der Waals surface area (Å²) in [6, 6.07) is 10.7. The number of hydrogen-bond acceptors (Lipinski definition) is 7. The largest absolute Gasteiger partial charge is 0.491 e. The summed E-state index contributed by atoms with van der Waals surface area (Å²) in [7, 11) is -0.0939. The summed E-state index contributed by atoms with van der Waals surface area (Å²) in [4.78, 5) is 29.4. The van der Waals surface area contributed by atoms with Crippen LogP contribution in [0.5, 0.6) is 5.75 Å². The van der Waals surface area contributed by atoms with Crippen LogP contribution in [0.25, 0.3) is 0 Å². The molecular weight excluding hydrogens is 676 g/mol. The Bertz CT molecular complexity index is 1720. The minimum Gasteiger partial charge on any atom is -0.491 e. The minimum absolute atomic E-state index is 0.0141. The zero-order valence-electron chi connectivity index (χ0n) is 29.6. The molecule has 6 rings (SSSR count). The van der Waals surface area contributed by atoms with E-state index in [0.29, 0.717) is 55.0 Å². The molecule has 12 heteroatoms. The number of anilines is 1. The first kappa shape index (κ1) is 36.7. The second-order valence-corrected chi connectivity index (χ2v) is 17.2. The molecule has 2 fully saturated rings. The van der Waals surface area contributed by atoms with Crippen molar-refractivity contribution in [3.63, 3.8) is 0 Å². The highest BCUT2D eigenvalue weighted by molar-refractivity contribution is 7.92. The molecule has 2 saturated carbocycles. The van der Waals surface area contributed by atoms with Gasteiger partial charge in [-0.15, -0.1) is 4.36 Å². The van der Waals surface area contributed by atoms with Crippen LogP contribution in [0.1, 0.15) is 80.3 Å². The van der Waals surface area contributed by atoms with Crippen LogP contribution in [-0.2, 0) is 32.4 Å². The van der Waals surface area contributed by atoms with Gasteiger partial charge < -0.3 is 24.4 Å². The summed E-state index contributed by atoms with van der Waals surface area (Å²) in [6.07, 6.45) is 10.9. The van der Waals surface area contributed by atoms with Gasteiger partial charge in [0.2, 0.25) is 0 Å². The number of rotatable bonds is 4. The number of ether oxygens (including phenoxy) is 3. The average Bonchev–Trinajstić information content (AvgIpc) is 3.07. The third-order valence-electron chi connectivity index (χ3n) is 10.8. The van der Waals surface area contributed by atoms with E-state index in [2.05, 4.69) is 43.6 Å². The van der Waals surface area contributed by atoms with E-state index in [1.165, 1.54) is 11.1 Å². The van der Waals surface area contributed by atoms with Crippen LogP contribution in [-0.4, -0.2) is 67.0 Å². The van der Waals surface area contributed by atoms with Crippen LogP contribution in [0.4, 0.5) is 10.5 Å². The number of amides is 3. The van der Waals surface area contributed by atoms with Crippen LogP contribution in [0.2, 0.25) is 5.02 Å². The maximum absolute atomic E-state index is 14.4. The van der Waals surface area contributed by atoms with E-state index >= 15 is 0 Å². The van der Waals surface area contributed by atoms with Crippen molar-refractivity contribution in [1.82, 2.24) is 10.0 Å². The van der Waals surface area contributed by atoms with Gasteiger partial charge in [0.15, 0.2) is 0 Å². The molecule has 0 radical (unpaired) electrons. The topological polar surface area (TPSA) is 119 Å². The number of carbonyl (C=O) groups is 2. The van der Waals surface area contributed by atoms with Gasteiger partial charge in [0.05, 0.1) is 29.8 Å². The van der Waals surface area contributed by atoms with Crippen LogP contribution in [0, 0.1) is 17.8 Å². The molecule has 0 aromatic heterocycles. The van der Waals surface area contributed by atoms with Gasteiger partial charge in [-0.3, -0.25) is 9.52 Å². The van der Waals surface area contributed by atoms with E-state index in [1.807, 2.05) is 32.0 Å². The molecule has 2 bridgehead atoms. The Labute approximate surface area is 302 Å². The second kappa shape index (κ2) is 15.6. The van der Waals surface area contributed by atoms with Gasteiger partial charge in [0.1, 0.15) is 15.7 Å². The van der Waals surface area contributed by atoms with Crippen molar-refractivity contribution in [1.29, 1.82) is 0 Å². The lowest BCUT2D eigenvalue weighted by atomic mass is 9.70. The van der Waals surface area contributed by atoms with Crippen molar-refractivity contribution in [2.24, 2.45) is 22.1 Å². The molecule has 2 aliphatic heterocycles. The van der Waals surface area contributed by atoms with Crippen LogP contribution >= 0.6 is 11.6 Å². The first-order chi connectivity index (χ1) is 24.0. The zero-order chi connectivity index (χ0) is 35.5. The third-order valence-corrected chi connectivity index (χ3v) is 13.1. The summed E-state index contributed by atoms with van der Waals surface area (Å²) < 4.78 is 39.2. The Kier molecular flexibility index (Phi) is 11.5. The molecule has 10 nitrogen and oxygen atoms in total. The quantitative estimate of drug-likeness (QED) is 0.323. The molecule has 2 aromatic carbocycles. The van der Waals surface area contributed by atoms with Crippen molar-refractivity contribution in [2.45, 2.75) is 89.5 Å². The van der Waals surface area contributed by atoms with E-state index in [0.717, 1.165) is 44.3 Å². The van der Waals surface area contributed by atoms with Gasteiger partial charge in [-0.2, -0.15) is 0 Å². The average molecular weight is 727 g/mol. The van der Waals surface area contributed by atoms with Crippen molar-refractivity contribution in [3.05, 3.63) is 70.3 Å². The summed E-state index contributed by atoms with van der Waals surface area (Å²) in [5, 5.41) is 3.60. The normalized spacial score (nSPS) is 32.3. The number of nitrogens with zero attached hydrogens (tertiary/aromatic N) is 2. The lowest BCUT2D eigenvalue weighted by Gasteiger charge is -2.44. The Hall–Kier alpha value is -3.12. The van der Waals surface area contributed by atoms with Gasteiger partial charge in [-0.1, -0.05) is 36.7 Å². The number of halogens is 1.